The molecule has 0 unspecified atom stereocenters. The molecule has 29 heavy (non-hydrogen) atoms. The van der Waals surface area contributed by atoms with E-state index in [-0.39, 0.29) is 5.91 Å². The molecule has 7 heteroatoms. The van der Waals surface area contributed by atoms with Crippen LogP contribution < -0.4 is 15.5 Å². The van der Waals surface area contributed by atoms with Gasteiger partial charge in [-0.2, -0.15) is 0 Å². The van der Waals surface area contributed by atoms with Crippen LogP contribution in [0.3, 0.4) is 0 Å². The van der Waals surface area contributed by atoms with E-state index >= 15 is 0 Å². The van der Waals surface area contributed by atoms with Crippen molar-refractivity contribution in [3.63, 3.8) is 0 Å². The fraction of sp³-hybridized carbons (Fsp3) is 0.318. The second-order valence-corrected chi connectivity index (χ2v) is 6.51. The Balaban J connectivity index is 1.93. The zero-order valence-electron chi connectivity index (χ0n) is 17.2. The number of benzene rings is 2. The number of hydrogen-bond donors (Lipinski definition) is 2. The Labute approximate surface area is 171 Å². The smallest absolute Gasteiger partial charge is 0.338 e. The van der Waals surface area contributed by atoms with Crippen molar-refractivity contribution in [2.75, 3.05) is 28.6 Å². The SMILES string of the molecule is CCN(CC)c1ccc(C(=O)O[C@@H](C)C(=O)Nc2ccc(NC(C)=O)cc2)cc1. The van der Waals surface area contributed by atoms with Gasteiger partial charge in [0.1, 0.15) is 0 Å². The van der Waals surface area contributed by atoms with Crippen LogP contribution in [0.25, 0.3) is 0 Å². The van der Waals surface area contributed by atoms with Crippen LogP contribution in [0.2, 0.25) is 0 Å². The van der Waals surface area contributed by atoms with Crippen molar-refractivity contribution in [1.29, 1.82) is 0 Å². The Morgan fingerprint density at radius 2 is 1.41 bits per heavy atom. The normalized spacial score (nSPS) is 11.3. The van der Waals surface area contributed by atoms with Crippen molar-refractivity contribution in [1.82, 2.24) is 0 Å². The Morgan fingerprint density at radius 1 is 0.897 bits per heavy atom. The number of esters is 1. The Bertz CT molecular complexity index is 843. The second kappa shape index (κ2) is 10.3. The molecule has 0 heterocycles. The lowest BCUT2D eigenvalue weighted by Gasteiger charge is -2.21. The van der Waals surface area contributed by atoms with Gasteiger partial charge in [-0.3, -0.25) is 9.59 Å². The van der Waals surface area contributed by atoms with Crippen LogP contribution in [0.1, 0.15) is 38.1 Å². The van der Waals surface area contributed by atoms with Crippen molar-refractivity contribution >= 4 is 34.8 Å². The number of carbonyl (C=O) groups excluding carboxylic acids is 3. The van der Waals surface area contributed by atoms with Gasteiger partial charge in [0.15, 0.2) is 6.10 Å². The van der Waals surface area contributed by atoms with Crippen molar-refractivity contribution in [3.05, 3.63) is 54.1 Å². The summed E-state index contributed by atoms with van der Waals surface area (Å²) in [5.41, 5.74) is 2.58. The van der Waals surface area contributed by atoms with E-state index < -0.39 is 18.0 Å². The molecule has 2 amide bonds. The van der Waals surface area contributed by atoms with Gasteiger partial charge in [-0.15, -0.1) is 0 Å². The van der Waals surface area contributed by atoms with E-state index in [9.17, 15) is 14.4 Å². The number of rotatable bonds is 8. The van der Waals surface area contributed by atoms with Crippen molar-refractivity contribution < 1.29 is 19.1 Å². The third-order valence-corrected chi connectivity index (χ3v) is 4.36. The molecule has 1 atom stereocenters. The molecule has 0 saturated heterocycles. The summed E-state index contributed by atoms with van der Waals surface area (Å²) in [5, 5.41) is 5.33. The molecule has 0 aromatic heterocycles. The molecule has 0 spiro atoms. The maximum Gasteiger partial charge on any atom is 0.338 e. The van der Waals surface area contributed by atoms with E-state index in [0.29, 0.717) is 16.9 Å². The van der Waals surface area contributed by atoms with Gasteiger partial charge in [-0.05, 0) is 69.3 Å². The summed E-state index contributed by atoms with van der Waals surface area (Å²) in [5.74, 6) is -1.17. The number of anilines is 3. The maximum absolute atomic E-state index is 12.3. The molecule has 0 aliphatic carbocycles. The van der Waals surface area contributed by atoms with E-state index in [0.717, 1.165) is 18.8 Å². The van der Waals surface area contributed by atoms with Crippen molar-refractivity contribution in [2.24, 2.45) is 0 Å². The molecule has 2 N–H and O–H groups in total. The highest BCUT2D eigenvalue weighted by Crippen LogP contribution is 2.17. The van der Waals surface area contributed by atoms with E-state index in [4.69, 9.17) is 4.74 Å². The minimum Gasteiger partial charge on any atom is -0.449 e. The summed E-state index contributed by atoms with van der Waals surface area (Å²) in [6.07, 6.45) is -0.958. The molecular formula is C22H27N3O4. The molecule has 0 bridgehead atoms. The highest BCUT2D eigenvalue weighted by Gasteiger charge is 2.19. The van der Waals surface area contributed by atoms with E-state index in [2.05, 4.69) is 29.4 Å². The first-order chi connectivity index (χ1) is 13.8. The predicted octanol–water partition coefficient (Wildman–Crippen LogP) is 3.68. The quantitative estimate of drug-likeness (QED) is 0.664. The maximum atomic E-state index is 12.3. The molecule has 2 aromatic rings. The first kappa shape index (κ1) is 21.9. The lowest BCUT2D eigenvalue weighted by atomic mass is 10.2. The third kappa shape index (κ3) is 6.34. The first-order valence-electron chi connectivity index (χ1n) is 9.58. The topological polar surface area (TPSA) is 87.7 Å². The average Bonchev–Trinajstić information content (AvgIpc) is 2.70. The van der Waals surface area contributed by atoms with Crippen LogP contribution in [-0.4, -0.2) is 37.0 Å². The molecule has 0 aliphatic rings. The summed E-state index contributed by atoms with van der Waals surface area (Å²) >= 11 is 0. The standard InChI is InChI=1S/C22H27N3O4/c1-5-25(6-2)20-13-7-17(8-14-20)22(28)29-15(3)21(27)24-19-11-9-18(10-12-19)23-16(4)26/h7-15H,5-6H2,1-4H3,(H,23,26)(H,24,27)/t15-/m0/s1. The third-order valence-electron chi connectivity index (χ3n) is 4.36. The van der Waals surface area contributed by atoms with E-state index in [1.54, 1.807) is 36.4 Å². The number of ether oxygens (including phenoxy) is 1. The summed E-state index contributed by atoms with van der Waals surface area (Å²) in [6.45, 7) is 8.83. The number of carbonyl (C=O) groups is 3. The molecule has 7 nitrogen and oxygen atoms in total. The average molecular weight is 397 g/mol. The van der Waals surface area contributed by atoms with Gasteiger partial charge in [0.05, 0.1) is 5.56 Å². The molecule has 0 saturated carbocycles. The molecular weight excluding hydrogens is 370 g/mol. The second-order valence-electron chi connectivity index (χ2n) is 6.51. The monoisotopic (exact) mass is 397 g/mol. The summed E-state index contributed by atoms with van der Waals surface area (Å²) in [6, 6.07) is 13.8. The van der Waals surface area contributed by atoms with Crippen molar-refractivity contribution in [2.45, 2.75) is 33.8 Å². The highest BCUT2D eigenvalue weighted by atomic mass is 16.5. The lowest BCUT2D eigenvalue weighted by molar-refractivity contribution is -0.123. The highest BCUT2D eigenvalue weighted by molar-refractivity contribution is 5.97. The van der Waals surface area contributed by atoms with Gasteiger partial charge in [0.2, 0.25) is 5.91 Å². The molecule has 0 radical (unpaired) electrons. The van der Waals surface area contributed by atoms with Crippen LogP contribution in [0, 0.1) is 0 Å². The van der Waals surface area contributed by atoms with E-state index in [1.807, 2.05) is 12.1 Å². The predicted molar refractivity (Wildman–Crippen MR) is 114 cm³/mol. The fourth-order valence-electron chi connectivity index (χ4n) is 2.76. The fourth-order valence-corrected chi connectivity index (χ4v) is 2.76. The molecule has 0 aliphatic heterocycles. The van der Waals surface area contributed by atoms with Gasteiger partial charge in [-0.25, -0.2) is 4.79 Å². The molecule has 2 rings (SSSR count). The summed E-state index contributed by atoms with van der Waals surface area (Å²) < 4.78 is 5.28. The summed E-state index contributed by atoms with van der Waals surface area (Å²) in [4.78, 5) is 37.8. The van der Waals surface area contributed by atoms with Crippen LogP contribution in [0.15, 0.2) is 48.5 Å². The van der Waals surface area contributed by atoms with Gasteiger partial charge >= 0.3 is 5.97 Å². The zero-order valence-corrected chi connectivity index (χ0v) is 17.2. The number of nitrogens with zero attached hydrogens (tertiary/aromatic N) is 1. The molecule has 154 valence electrons. The minimum absolute atomic E-state index is 0.174. The number of hydrogen-bond acceptors (Lipinski definition) is 5. The number of nitrogens with one attached hydrogen (secondary N) is 2. The van der Waals surface area contributed by atoms with Crippen LogP contribution in [-0.2, 0) is 14.3 Å². The zero-order chi connectivity index (χ0) is 21.4. The van der Waals surface area contributed by atoms with Crippen molar-refractivity contribution in [3.8, 4) is 0 Å². The summed E-state index contributed by atoms with van der Waals surface area (Å²) in [7, 11) is 0. The Morgan fingerprint density at radius 3 is 1.90 bits per heavy atom. The molecule has 2 aromatic carbocycles. The first-order valence-corrected chi connectivity index (χ1v) is 9.58. The van der Waals surface area contributed by atoms with Crippen LogP contribution in [0.5, 0.6) is 0 Å². The molecule has 0 fully saturated rings. The lowest BCUT2D eigenvalue weighted by Crippen LogP contribution is -2.30. The minimum atomic E-state index is -0.958. The van der Waals surface area contributed by atoms with Gasteiger partial charge in [0.25, 0.3) is 5.91 Å². The Kier molecular flexibility index (Phi) is 7.77. The van der Waals surface area contributed by atoms with Gasteiger partial charge < -0.3 is 20.3 Å². The Hall–Kier alpha value is -3.35. The van der Waals surface area contributed by atoms with E-state index in [1.165, 1.54) is 13.8 Å². The van der Waals surface area contributed by atoms with Crippen LogP contribution >= 0.6 is 0 Å². The number of amides is 2. The van der Waals surface area contributed by atoms with Crippen LogP contribution in [0.4, 0.5) is 17.1 Å². The largest absolute Gasteiger partial charge is 0.449 e. The van der Waals surface area contributed by atoms with Gasteiger partial charge in [0, 0.05) is 37.1 Å². The van der Waals surface area contributed by atoms with Gasteiger partial charge in [-0.1, -0.05) is 0 Å².